The number of carbonyl (C=O) groups is 1. The topological polar surface area (TPSA) is 68.0 Å². The van der Waals surface area contributed by atoms with Gasteiger partial charge in [0.15, 0.2) is 0 Å². The maximum atomic E-state index is 12.2. The van der Waals surface area contributed by atoms with Crippen molar-refractivity contribution in [1.29, 1.82) is 0 Å². The average Bonchev–Trinajstić information content (AvgIpc) is 1.93. The summed E-state index contributed by atoms with van der Waals surface area (Å²) in [6.45, 7) is 0. The van der Waals surface area contributed by atoms with Gasteiger partial charge in [-0.15, -0.1) is 0 Å². The van der Waals surface area contributed by atoms with E-state index in [1.54, 1.807) is 0 Å². The van der Waals surface area contributed by atoms with E-state index in [0.29, 0.717) is 5.69 Å². The fourth-order valence-corrected chi connectivity index (χ4v) is 0.592. The molecule has 1 aromatic heterocycles. The lowest BCUT2D eigenvalue weighted by molar-refractivity contribution is 0.259. The van der Waals surface area contributed by atoms with Gasteiger partial charge < -0.3 is 11.1 Å². The van der Waals surface area contributed by atoms with E-state index in [4.69, 9.17) is 5.73 Å². The molecular formula is C6H6FN3O. The lowest BCUT2D eigenvalue weighted by Gasteiger charge is -1.98. The number of hydrogen-bond donors (Lipinski definition) is 2. The number of anilines is 1. The molecule has 1 heterocycles. The number of hydrogen-bond acceptors (Lipinski definition) is 2. The minimum absolute atomic E-state index is 0.374. The van der Waals surface area contributed by atoms with Crippen LogP contribution in [0.5, 0.6) is 0 Å². The van der Waals surface area contributed by atoms with E-state index in [1.807, 2.05) is 0 Å². The molecule has 0 saturated carbocycles. The van der Waals surface area contributed by atoms with Crippen molar-refractivity contribution in [1.82, 2.24) is 4.98 Å². The summed E-state index contributed by atoms with van der Waals surface area (Å²) in [5, 5.41) is 2.24. The first kappa shape index (κ1) is 7.46. The molecule has 0 spiro atoms. The largest absolute Gasteiger partial charge is 0.351 e. The summed E-state index contributed by atoms with van der Waals surface area (Å²) in [6, 6.07) is 1.80. The van der Waals surface area contributed by atoms with Crippen molar-refractivity contribution in [2.75, 3.05) is 5.32 Å². The van der Waals surface area contributed by atoms with E-state index >= 15 is 0 Å². The molecule has 5 heteroatoms. The van der Waals surface area contributed by atoms with E-state index < -0.39 is 12.0 Å². The van der Waals surface area contributed by atoms with Gasteiger partial charge in [-0.3, -0.25) is 0 Å². The quantitative estimate of drug-likeness (QED) is 0.586. The number of urea groups is 1. The molecule has 0 aliphatic carbocycles. The second kappa shape index (κ2) is 2.96. The second-order valence-corrected chi connectivity index (χ2v) is 1.86. The molecule has 4 nitrogen and oxygen atoms in total. The minimum atomic E-state index is -0.696. The first-order valence-corrected chi connectivity index (χ1v) is 2.86. The second-order valence-electron chi connectivity index (χ2n) is 1.86. The maximum Gasteiger partial charge on any atom is 0.316 e. The summed E-state index contributed by atoms with van der Waals surface area (Å²) in [4.78, 5) is 13.5. The molecule has 0 unspecified atom stereocenters. The Labute approximate surface area is 62.2 Å². The van der Waals surface area contributed by atoms with Gasteiger partial charge in [-0.25, -0.2) is 9.78 Å². The lowest BCUT2D eigenvalue weighted by Crippen LogP contribution is -2.19. The van der Waals surface area contributed by atoms with Gasteiger partial charge in [0.2, 0.25) is 5.95 Å². The van der Waals surface area contributed by atoms with Crippen molar-refractivity contribution in [2.24, 2.45) is 5.73 Å². The highest BCUT2D eigenvalue weighted by molar-refractivity contribution is 5.87. The molecule has 1 aromatic rings. The van der Waals surface area contributed by atoms with Crippen LogP contribution in [-0.2, 0) is 0 Å². The minimum Gasteiger partial charge on any atom is -0.351 e. The fraction of sp³-hybridized carbons (Fsp3) is 0. The number of amides is 2. The molecular weight excluding hydrogens is 149 g/mol. The SMILES string of the molecule is NC(=O)Nc1ccc(F)nc1. The third-order valence-corrected chi connectivity index (χ3v) is 0.995. The molecule has 0 atom stereocenters. The molecule has 2 amide bonds. The van der Waals surface area contributed by atoms with Crippen LogP contribution in [0.25, 0.3) is 0 Å². The summed E-state index contributed by atoms with van der Waals surface area (Å²) in [5.74, 6) is -0.597. The van der Waals surface area contributed by atoms with Crippen molar-refractivity contribution < 1.29 is 9.18 Å². The van der Waals surface area contributed by atoms with Crippen molar-refractivity contribution >= 4 is 11.7 Å². The summed E-state index contributed by atoms with van der Waals surface area (Å²) in [6.07, 6.45) is 1.18. The summed E-state index contributed by atoms with van der Waals surface area (Å²) < 4.78 is 12.2. The first-order valence-electron chi connectivity index (χ1n) is 2.86. The molecule has 1 rings (SSSR count). The van der Waals surface area contributed by atoms with E-state index in [-0.39, 0.29) is 0 Å². The summed E-state index contributed by atoms with van der Waals surface area (Å²) >= 11 is 0. The normalized spacial score (nSPS) is 9.18. The van der Waals surface area contributed by atoms with Gasteiger partial charge in [-0.1, -0.05) is 0 Å². The Bertz CT molecular complexity index is 259. The van der Waals surface area contributed by atoms with Crippen LogP contribution in [0.15, 0.2) is 18.3 Å². The van der Waals surface area contributed by atoms with Gasteiger partial charge in [0.25, 0.3) is 0 Å². The number of rotatable bonds is 1. The van der Waals surface area contributed by atoms with Crippen molar-refractivity contribution in [3.8, 4) is 0 Å². The van der Waals surface area contributed by atoms with Crippen LogP contribution in [-0.4, -0.2) is 11.0 Å². The van der Waals surface area contributed by atoms with E-state index in [1.165, 1.54) is 12.3 Å². The first-order chi connectivity index (χ1) is 5.18. The number of nitrogens with zero attached hydrogens (tertiary/aromatic N) is 1. The zero-order valence-corrected chi connectivity index (χ0v) is 5.54. The third-order valence-electron chi connectivity index (χ3n) is 0.995. The van der Waals surface area contributed by atoms with Crippen LogP contribution in [0.2, 0.25) is 0 Å². The third kappa shape index (κ3) is 2.21. The predicted octanol–water partition coefficient (Wildman–Crippen LogP) is 0.711. The van der Waals surface area contributed by atoms with Gasteiger partial charge in [-0.2, -0.15) is 4.39 Å². The molecule has 0 saturated heterocycles. The Kier molecular flexibility index (Phi) is 2.00. The number of carbonyl (C=O) groups excluding carboxylic acids is 1. The van der Waals surface area contributed by atoms with Crippen LogP contribution < -0.4 is 11.1 Å². The smallest absolute Gasteiger partial charge is 0.316 e. The number of pyridine rings is 1. The Morgan fingerprint density at radius 2 is 2.36 bits per heavy atom. The van der Waals surface area contributed by atoms with Gasteiger partial charge in [0, 0.05) is 0 Å². The van der Waals surface area contributed by atoms with Gasteiger partial charge >= 0.3 is 6.03 Å². The molecule has 0 fully saturated rings. The fourth-order valence-electron chi connectivity index (χ4n) is 0.592. The molecule has 11 heavy (non-hydrogen) atoms. The van der Waals surface area contributed by atoms with Crippen LogP contribution in [0.4, 0.5) is 14.9 Å². The maximum absolute atomic E-state index is 12.2. The van der Waals surface area contributed by atoms with Crippen LogP contribution in [0.1, 0.15) is 0 Å². The number of halogens is 1. The van der Waals surface area contributed by atoms with Crippen LogP contribution in [0.3, 0.4) is 0 Å². The van der Waals surface area contributed by atoms with Crippen molar-refractivity contribution in [3.63, 3.8) is 0 Å². The zero-order chi connectivity index (χ0) is 8.27. The van der Waals surface area contributed by atoms with E-state index in [9.17, 15) is 9.18 Å². The number of nitrogens with one attached hydrogen (secondary N) is 1. The molecule has 0 radical (unpaired) electrons. The number of aromatic nitrogens is 1. The number of primary amides is 1. The monoisotopic (exact) mass is 155 g/mol. The Morgan fingerprint density at radius 1 is 1.64 bits per heavy atom. The molecule has 0 aromatic carbocycles. The molecule has 58 valence electrons. The van der Waals surface area contributed by atoms with E-state index in [0.717, 1.165) is 6.07 Å². The van der Waals surface area contributed by atoms with Crippen LogP contribution in [0, 0.1) is 5.95 Å². The van der Waals surface area contributed by atoms with Crippen molar-refractivity contribution in [3.05, 3.63) is 24.3 Å². The highest BCUT2D eigenvalue weighted by Crippen LogP contribution is 2.03. The van der Waals surface area contributed by atoms with E-state index in [2.05, 4.69) is 10.3 Å². The molecule has 3 N–H and O–H groups in total. The highest BCUT2D eigenvalue weighted by Gasteiger charge is 1.95. The van der Waals surface area contributed by atoms with Gasteiger partial charge in [0.1, 0.15) is 0 Å². The van der Waals surface area contributed by atoms with Gasteiger partial charge in [-0.05, 0) is 12.1 Å². The Balaban J connectivity index is 2.74. The standard InChI is InChI=1S/C6H6FN3O/c7-5-2-1-4(3-9-5)10-6(8)11/h1-3H,(H3,8,10,11). The van der Waals surface area contributed by atoms with Gasteiger partial charge in [0.05, 0.1) is 11.9 Å². The lowest BCUT2D eigenvalue weighted by atomic mass is 10.4. The summed E-state index contributed by atoms with van der Waals surface area (Å²) in [5.41, 5.74) is 5.16. The molecule has 0 aliphatic rings. The highest BCUT2D eigenvalue weighted by atomic mass is 19.1. The summed E-state index contributed by atoms with van der Waals surface area (Å²) in [7, 11) is 0. The number of nitrogens with two attached hydrogens (primary N) is 1. The average molecular weight is 155 g/mol. The van der Waals surface area contributed by atoms with Crippen molar-refractivity contribution in [2.45, 2.75) is 0 Å². The molecule has 0 bridgehead atoms. The molecule has 0 aliphatic heterocycles. The van der Waals surface area contributed by atoms with Crippen LogP contribution >= 0.6 is 0 Å². The zero-order valence-electron chi connectivity index (χ0n) is 5.54. The Morgan fingerprint density at radius 3 is 2.82 bits per heavy atom. The Hall–Kier alpha value is -1.65. The predicted molar refractivity (Wildman–Crippen MR) is 37.4 cm³/mol.